The number of hydrogen-bond donors (Lipinski definition) is 0. The van der Waals surface area contributed by atoms with Crippen molar-refractivity contribution in [2.75, 3.05) is 0 Å². The SMILES string of the molecule is CC1=C(C)C(C)C([Si](CC(C)C)(CC(C)C)c2ccccc2)=C1C. The molecule has 0 aromatic heterocycles. The fourth-order valence-corrected chi connectivity index (χ4v) is 11.9. The van der Waals surface area contributed by atoms with Crippen molar-refractivity contribution >= 4 is 13.3 Å². The summed E-state index contributed by atoms with van der Waals surface area (Å²) in [6.07, 6.45) is 0. The lowest BCUT2D eigenvalue weighted by molar-refractivity contribution is 0.678. The smallest absolute Gasteiger partial charge is 0.0657 e. The molecule has 1 heteroatoms. The lowest BCUT2D eigenvalue weighted by atomic mass is 10.1. The van der Waals surface area contributed by atoms with E-state index in [1.807, 2.05) is 5.20 Å². The Morgan fingerprint density at radius 1 is 0.833 bits per heavy atom. The molecule has 1 aromatic carbocycles. The van der Waals surface area contributed by atoms with E-state index in [0.717, 1.165) is 11.8 Å². The molecule has 1 aliphatic rings. The zero-order chi connectivity index (χ0) is 18.1. The molecule has 1 aromatic rings. The van der Waals surface area contributed by atoms with Crippen molar-refractivity contribution in [1.29, 1.82) is 0 Å². The molecule has 0 N–H and O–H groups in total. The van der Waals surface area contributed by atoms with Crippen LogP contribution in [-0.4, -0.2) is 8.07 Å². The summed E-state index contributed by atoms with van der Waals surface area (Å²) in [4.78, 5) is 0. The lowest BCUT2D eigenvalue weighted by Crippen LogP contribution is -2.53. The second kappa shape index (κ2) is 7.43. The third-order valence-corrected chi connectivity index (χ3v) is 12.3. The van der Waals surface area contributed by atoms with Crippen molar-refractivity contribution in [1.82, 2.24) is 0 Å². The first-order valence-corrected chi connectivity index (χ1v) is 12.1. The van der Waals surface area contributed by atoms with Crippen LogP contribution in [0.4, 0.5) is 0 Å². The van der Waals surface area contributed by atoms with Crippen LogP contribution in [0.2, 0.25) is 12.1 Å². The third kappa shape index (κ3) is 3.47. The fourth-order valence-electron chi connectivity index (χ4n) is 4.98. The van der Waals surface area contributed by atoms with Gasteiger partial charge in [0.05, 0.1) is 0 Å². The molecule has 0 amide bonds. The predicted octanol–water partition coefficient (Wildman–Crippen LogP) is 6.50. The van der Waals surface area contributed by atoms with Crippen LogP contribution in [0, 0.1) is 17.8 Å². The number of rotatable bonds is 6. The van der Waals surface area contributed by atoms with E-state index in [0.29, 0.717) is 5.92 Å². The van der Waals surface area contributed by atoms with E-state index >= 15 is 0 Å². The highest BCUT2D eigenvalue weighted by atomic mass is 28.3. The van der Waals surface area contributed by atoms with E-state index in [1.165, 1.54) is 12.1 Å². The number of hydrogen-bond acceptors (Lipinski definition) is 0. The van der Waals surface area contributed by atoms with Crippen LogP contribution in [0.1, 0.15) is 55.4 Å². The van der Waals surface area contributed by atoms with E-state index in [2.05, 4.69) is 85.7 Å². The van der Waals surface area contributed by atoms with E-state index in [1.54, 1.807) is 21.9 Å². The van der Waals surface area contributed by atoms with Gasteiger partial charge in [-0.25, -0.2) is 0 Å². The van der Waals surface area contributed by atoms with Crippen molar-refractivity contribution < 1.29 is 0 Å². The van der Waals surface area contributed by atoms with Gasteiger partial charge in [-0.2, -0.15) is 0 Å². The van der Waals surface area contributed by atoms with Crippen LogP contribution in [0.5, 0.6) is 0 Å². The van der Waals surface area contributed by atoms with Gasteiger partial charge in [0.2, 0.25) is 0 Å². The van der Waals surface area contributed by atoms with Gasteiger partial charge in [0, 0.05) is 0 Å². The van der Waals surface area contributed by atoms with Gasteiger partial charge in [0.25, 0.3) is 0 Å². The Morgan fingerprint density at radius 3 is 1.71 bits per heavy atom. The van der Waals surface area contributed by atoms with Crippen LogP contribution in [0.3, 0.4) is 0 Å². The molecule has 132 valence electrons. The number of allylic oxidation sites excluding steroid dienone is 4. The third-order valence-electron chi connectivity index (χ3n) is 6.00. The molecule has 0 saturated carbocycles. The summed E-state index contributed by atoms with van der Waals surface area (Å²) in [5.74, 6) is 2.10. The normalized spacial score (nSPS) is 19.2. The maximum absolute atomic E-state index is 2.45. The Bertz CT molecular complexity index is 621. The zero-order valence-corrected chi connectivity index (χ0v) is 18.0. The van der Waals surface area contributed by atoms with Gasteiger partial charge in [0.1, 0.15) is 8.07 Å². The van der Waals surface area contributed by atoms with Gasteiger partial charge >= 0.3 is 0 Å². The Labute approximate surface area is 151 Å². The standard InChI is InChI=1S/C23H36Si/c1-16(2)14-24(15-17(3)4,22-12-10-9-11-13-22)23-20(7)18(5)19(6)21(23)8/h9-13,16-17,20H,14-15H2,1-8H3. The van der Waals surface area contributed by atoms with Crippen molar-refractivity contribution in [3.8, 4) is 0 Å². The first-order chi connectivity index (χ1) is 11.2. The summed E-state index contributed by atoms with van der Waals surface area (Å²) < 4.78 is 0. The van der Waals surface area contributed by atoms with Gasteiger partial charge in [-0.3, -0.25) is 0 Å². The maximum Gasteiger partial charge on any atom is 0.115 e. The van der Waals surface area contributed by atoms with Crippen molar-refractivity contribution in [3.63, 3.8) is 0 Å². The molecule has 1 atom stereocenters. The lowest BCUT2D eigenvalue weighted by Gasteiger charge is -2.40. The Kier molecular flexibility index (Phi) is 5.96. The second-order valence-corrected chi connectivity index (χ2v) is 12.8. The average molecular weight is 341 g/mol. The van der Waals surface area contributed by atoms with E-state index < -0.39 is 8.07 Å². The largest absolute Gasteiger partial charge is 0.115 e. The van der Waals surface area contributed by atoms with Crippen molar-refractivity contribution in [2.24, 2.45) is 17.8 Å². The summed E-state index contributed by atoms with van der Waals surface area (Å²) in [6, 6.07) is 14.3. The fraction of sp³-hybridized carbons (Fsp3) is 0.565. The molecule has 0 bridgehead atoms. The average Bonchev–Trinajstić information content (AvgIpc) is 2.70. The minimum Gasteiger partial charge on any atom is -0.0657 e. The van der Waals surface area contributed by atoms with E-state index in [4.69, 9.17) is 0 Å². The van der Waals surface area contributed by atoms with Gasteiger partial charge in [-0.05, 0) is 56.2 Å². The monoisotopic (exact) mass is 340 g/mol. The molecule has 0 nitrogen and oxygen atoms in total. The Morgan fingerprint density at radius 2 is 1.33 bits per heavy atom. The highest BCUT2D eigenvalue weighted by Crippen LogP contribution is 2.45. The Hall–Kier alpha value is -1.08. The summed E-state index contributed by atoms with van der Waals surface area (Å²) in [5.41, 5.74) is 4.76. The molecule has 1 unspecified atom stereocenters. The molecular weight excluding hydrogens is 304 g/mol. The van der Waals surface area contributed by atoms with Crippen LogP contribution in [0.15, 0.2) is 52.2 Å². The minimum atomic E-state index is -1.74. The summed E-state index contributed by atoms with van der Waals surface area (Å²) in [5, 5.41) is 3.47. The van der Waals surface area contributed by atoms with Crippen molar-refractivity contribution in [3.05, 3.63) is 52.2 Å². The van der Waals surface area contributed by atoms with Crippen LogP contribution >= 0.6 is 0 Å². The molecular formula is C23H36Si. The van der Waals surface area contributed by atoms with Gasteiger partial charge < -0.3 is 0 Å². The molecule has 0 spiro atoms. The summed E-state index contributed by atoms with van der Waals surface area (Å²) in [6.45, 7) is 19.2. The van der Waals surface area contributed by atoms with Crippen LogP contribution < -0.4 is 5.19 Å². The first kappa shape index (κ1) is 19.2. The molecule has 0 saturated heterocycles. The first-order valence-electron chi connectivity index (χ1n) is 9.65. The maximum atomic E-state index is 2.45. The topological polar surface area (TPSA) is 0 Å². The van der Waals surface area contributed by atoms with Gasteiger partial charge in [0.15, 0.2) is 0 Å². The highest BCUT2D eigenvalue weighted by Gasteiger charge is 2.45. The highest BCUT2D eigenvalue weighted by molar-refractivity contribution is 6.98. The van der Waals surface area contributed by atoms with Crippen LogP contribution in [0.25, 0.3) is 0 Å². The van der Waals surface area contributed by atoms with E-state index in [9.17, 15) is 0 Å². The molecule has 24 heavy (non-hydrogen) atoms. The van der Waals surface area contributed by atoms with Crippen molar-refractivity contribution in [2.45, 2.75) is 67.5 Å². The quantitative estimate of drug-likeness (QED) is 0.519. The number of benzene rings is 1. The van der Waals surface area contributed by atoms with E-state index in [-0.39, 0.29) is 0 Å². The molecule has 0 aliphatic heterocycles. The molecule has 0 fully saturated rings. The summed E-state index contributed by atoms with van der Waals surface area (Å²) >= 11 is 0. The second-order valence-electron chi connectivity index (χ2n) is 8.71. The predicted molar refractivity (Wildman–Crippen MR) is 111 cm³/mol. The van der Waals surface area contributed by atoms with Gasteiger partial charge in [-0.1, -0.05) is 86.5 Å². The van der Waals surface area contributed by atoms with Crippen LogP contribution in [-0.2, 0) is 0 Å². The molecule has 2 rings (SSSR count). The Balaban J connectivity index is 2.71. The molecule has 0 radical (unpaired) electrons. The minimum absolute atomic E-state index is 0.620. The summed E-state index contributed by atoms with van der Waals surface area (Å²) in [7, 11) is -1.74. The molecule has 1 aliphatic carbocycles. The zero-order valence-electron chi connectivity index (χ0n) is 17.0. The van der Waals surface area contributed by atoms with Gasteiger partial charge in [-0.15, -0.1) is 0 Å². The molecule has 0 heterocycles.